The van der Waals surface area contributed by atoms with E-state index in [0.717, 1.165) is 30.1 Å². The molecule has 0 saturated heterocycles. The molecule has 128 valence electrons. The molecule has 1 aliphatic rings. The molecule has 23 heavy (non-hydrogen) atoms. The zero-order valence-electron chi connectivity index (χ0n) is 14.1. The van der Waals surface area contributed by atoms with Crippen molar-refractivity contribution in [3.05, 3.63) is 35.4 Å². The van der Waals surface area contributed by atoms with Gasteiger partial charge >= 0.3 is 5.97 Å². The normalized spacial score (nSPS) is 18.5. The fraction of sp³-hybridized carbons (Fsp3) is 0.632. The third-order valence-corrected chi connectivity index (χ3v) is 5.11. The lowest BCUT2D eigenvalue weighted by Crippen LogP contribution is -2.33. The van der Waals surface area contributed by atoms with E-state index in [0.29, 0.717) is 12.3 Å². The van der Waals surface area contributed by atoms with E-state index in [2.05, 4.69) is 18.3 Å². The maximum Gasteiger partial charge on any atom is 0.320 e. The Labute approximate surface area is 139 Å². The summed E-state index contributed by atoms with van der Waals surface area (Å²) in [5.41, 5.74) is 7.85. The van der Waals surface area contributed by atoms with Crippen LogP contribution in [0.4, 0.5) is 0 Å². The molecule has 2 rings (SSSR count). The van der Waals surface area contributed by atoms with E-state index in [1.54, 1.807) is 0 Å². The Hall–Kier alpha value is -1.39. The van der Waals surface area contributed by atoms with E-state index in [1.165, 1.54) is 32.1 Å². The number of nitrogens with one attached hydrogen (secondary N) is 1. The molecule has 2 unspecified atom stereocenters. The number of carbonyl (C=O) groups is 1. The van der Waals surface area contributed by atoms with Gasteiger partial charge in [0.1, 0.15) is 6.04 Å². The summed E-state index contributed by atoms with van der Waals surface area (Å²) in [5, 5.41) is 12.5. The van der Waals surface area contributed by atoms with Crippen LogP contribution in [0.25, 0.3) is 0 Å². The number of carboxylic acids is 1. The van der Waals surface area contributed by atoms with Gasteiger partial charge in [0.15, 0.2) is 0 Å². The maximum atomic E-state index is 11.0. The highest BCUT2D eigenvalue weighted by Gasteiger charge is 2.20. The maximum absolute atomic E-state index is 11.0. The second-order valence-electron chi connectivity index (χ2n) is 6.92. The second-order valence-corrected chi connectivity index (χ2v) is 6.92. The molecule has 0 aromatic heterocycles. The van der Waals surface area contributed by atoms with Gasteiger partial charge in [0.2, 0.25) is 0 Å². The number of nitrogens with two attached hydrogens (primary N) is 1. The average molecular weight is 318 g/mol. The molecule has 4 nitrogen and oxygen atoms in total. The summed E-state index contributed by atoms with van der Waals surface area (Å²) in [6.45, 7) is 4.14. The lowest BCUT2D eigenvalue weighted by molar-refractivity contribution is -0.138. The van der Waals surface area contributed by atoms with Crippen molar-refractivity contribution in [2.75, 3.05) is 6.54 Å². The summed E-state index contributed by atoms with van der Waals surface area (Å²) < 4.78 is 0. The van der Waals surface area contributed by atoms with Crippen molar-refractivity contribution < 1.29 is 9.90 Å². The molecular weight excluding hydrogens is 288 g/mol. The van der Waals surface area contributed by atoms with Gasteiger partial charge in [-0.15, -0.1) is 0 Å². The quantitative estimate of drug-likeness (QED) is 0.689. The monoisotopic (exact) mass is 318 g/mol. The third-order valence-electron chi connectivity index (χ3n) is 5.11. The van der Waals surface area contributed by atoms with Crippen LogP contribution in [0.5, 0.6) is 0 Å². The van der Waals surface area contributed by atoms with E-state index in [4.69, 9.17) is 10.8 Å². The molecule has 2 atom stereocenters. The highest BCUT2D eigenvalue weighted by atomic mass is 16.4. The molecule has 1 aliphatic carbocycles. The van der Waals surface area contributed by atoms with Gasteiger partial charge in [0, 0.05) is 6.54 Å². The Bertz CT molecular complexity index is 498. The SMILES string of the molecule is CC(CNCc1ccccc1CC(N)C(=O)O)C1CCCCC1. The van der Waals surface area contributed by atoms with Crippen LogP contribution in [0.1, 0.15) is 50.2 Å². The van der Waals surface area contributed by atoms with Crippen molar-refractivity contribution >= 4 is 5.97 Å². The number of benzene rings is 1. The standard InChI is InChI=1S/C19H30N2O2/c1-14(15-7-3-2-4-8-15)12-21-13-17-10-6-5-9-16(17)11-18(20)19(22)23/h5-6,9-10,14-15,18,21H,2-4,7-8,11-13,20H2,1H3,(H,22,23). The third kappa shape index (κ3) is 5.63. The first-order chi connectivity index (χ1) is 11.1. The van der Waals surface area contributed by atoms with Crippen molar-refractivity contribution in [1.29, 1.82) is 0 Å². The first-order valence-electron chi connectivity index (χ1n) is 8.83. The van der Waals surface area contributed by atoms with Gasteiger partial charge in [-0.25, -0.2) is 0 Å². The van der Waals surface area contributed by atoms with Gasteiger partial charge in [-0.05, 0) is 35.9 Å². The van der Waals surface area contributed by atoms with Crippen molar-refractivity contribution in [3.8, 4) is 0 Å². The zero-order valence-corrected chi connectivity index (χ0v) is 14.1. The summed E-state index contributed by atoms with van der Waals surface area (Å²) >= 11 is 0. The fourth-order valence-corrected chi connectivity index (χ4v) is 3.56. The second kappa shape index (κ2) is 9.04. The van der Waals surface area contributed by atoms with Crippen LogP contribution in [0, 0.1) is 11.8 Å². The van der Waals surface area contributed by atoms with Crippen LogP contribution in [0.15, 0.2) is 24.3 Å². The number of carboxylic acid groups (broad SMARTS) is 1. The fourth-order valence-electron chi connectivity index (χ4n) is 3.56. The molecule has 0 aliphatic heterocycles. The molecule has 0 bridgehead atoms. The summed E-state index contributed by atoms with van der Waals surface area (Å²) in [5.74, 6) is 0.606. The van der Waals surface area contributed by atoms with Gasteiger partial charge < -0.3 is 16.2 Å². The summed E-state index contributed by atoms with van der Waals surface area (Å²) in [6.07, 6.45) is 7.27. The van der Waals surface area contributed by atoms with Crippen molar-refractivity contribution in [2.24, 2.45) is 17.6 Å². The van der Waals surface area contributed by atoms with E-state index in [9.17, 15) is 4.79 Å². The first-order valence-corrected chi connectivity index (χ1v) is 8.83. The topological polar surface area (TPSA) is 75.3 Å². The van der Waals surface area contributed by atoms with E-state index in [-0.39, 0.29) is 0 Å². The van der Waals surface area contributed by atoms with Crippen molar-refractivity contribution in [3.63, 3.8) is 0 Å². The van der Waals surface area contributed by atoms with Crippen molar-refractivity contribution in [1.82, 2.24) is 5.32 Å². The molecule has 0 radical (unpaired) electrons. The van der Waals surface area contributed by atoms with Crippen LogP contribution in [0.2, 0.25) is 0 Å². The Morgan fingerprint density at radius 1 is 1.26 bits per heavy atom. The van der Waals surface area contributed by atoms with Gasteiger partial charge in [0.25, 0.3) is 0 Å². The summed E-state index contributed by atoms with van der Waals surface area (Å²) in [6, 6.07) is 7.14. The predicted molar refractivity (Wildman–Crippen MR) is 93.2 cm³/mol. The lowest BCUT2D eigenvalue weighted by atomic mass is 9.81. The zero-order chi connectivity index (χ0) is 16.7. The number of rotatable bonds is 8. The average Bonchev–Trinajstić information content (AvgIpc) is 2.57. The van der Waals surface area contributed by atoms with Crippen LogP contribution < -0.4 is 11.1 Å². The molecule has 0 heterocycles. The Balaban J connectivity index is 1.84. The van der Waals surface area contributed by atoms with Crippen LogP contribution in [-0.4, -0.2) is 23.7 Å². The number of hydrogen-bond donors (Lipinski definition) is 3. The largest absolute Gasteiger partial charge is 0.480 e. The van der Waals surface area contributed by atoms with Crippen LogP contribution in [0.3, 0.4) is 0 Å². The molecule has 4 N–H and O–H groups in total. The summed E-state index contributed by atoms with van der Waals surface area (Å²) in [4.78, 5) is 11.0. The molecule has 0 amide bonds. The van der Waals surface area contributed by atoms with Crippen LogP contribution in [-0.2, 0) is 17.8 Å². The highest BCUT2D eigenvalue weighted by Crippen LogP contribution is 2.29. The van der Waals surface area contributed by atoms with Gasteiger partial charge in [0.05, 0.1) is 0 Å². The number of aliphatic carboxylic acids is 1. The predicted octanol–water partition coefficient (Wildman–Crippen LogP) is 2.95. The van der Waals surface area contributed by atoms with Gasteiger partial charge in [-0.1, -0.05) is 63.3 Å². The van der Waals surface area contributed by atoms with E-state index in [1.807, 2.05) is 18.2 Å². The molecule has 0 spiro atoms. The van der Waals surface area contributed by atoms with E-state index >= 15 is 0 Å². The van der Waals surface area contributed by atoms with Gasteiger partial charge in [-0.2, -0.15) is 0 Å². The Kier molecular flexibility index (Phi) is 7.06. The van der Waals surface area contributed by atoms with Crippen LogP contribution >= 0.6 is 0 Å². The molecule has 1 saturated carbocycles. The van der Waals surface area contributed by atoms with Crippen molar-refractivity contribution in [2.45, 2.75) is 58.0 Å². The minimum absolute atomic E-state index is 0.380. The summed E-state index contributed by atoms with van der Waals surface area (Å²) in [7, 11) is 0. The molecule has 1 aromatic carbocycles. The lowest BCUT2D eigenvalue weighted by Gasteiger charge is -2.28. The van der Waals surface area contributed by atoms with E-state index < -0.39 is 12.0 Å². The minimum Gasteiger partial charge on any atom is -0.480 e. The van der Waals surface area contributed by atoms with Gasteiger partial charge in [-0.3, -0.25) is 4.79 Å². The molecule has 1 fully saturated rings. The Morgan fingerprint density at radius 2 is 1.91 bits per heavy atom. The number of hydrogen-bond acceptors (Lipinski definition) is 3. The molecule has 1 aromatic rings. The molecular formula is C19H30N2O2. The minimum atomic E-state index is -0.946. The highest BCUT2D eigenvalue weighted by molar-refractivity contribution is 5.73. The smallest absolute Gasteiger partial charge is 0.320 e. The molecule has 4 heteroatoms. The Morgan fingerprint density at radius 3 is 2.57 bits per heavy atom. The first kappa shape index (κ1) is 18.0.